The highest BCUT2D eigenvalue weighted by Crippen LogP contribution is 2.43. The molecule has 0 bridgehead atoms. The smallest absolute Gasteiger partial charge is 0.0123 e. The molecule has 0 aromatic carbocycles. The lowest BCUT2D eigenvalue weighted by molar-refractivity contribution is 0.318. The van der Waals surface area contributed by atoms with E-state index >= 15 is 0 Å². The molecule has 1 aliphatic carbocycles. The third-order valence-electron chi connectivity index (χ3n) is 3.43. The summed E-state index contributed by atoms with van der Waals surface area (Å²) in [5, 5.41) is 3.66. The van der Waals surface area contributed by atoms with Crippen LogP contribution in [-0.4, -0.2) is 12.6 Å². The van der Waals surface area contributed by atoms with E-state index in [1.807, 2.05) is 0 Å². The zero-order valence-corrected chi connectivity index (χ0v) is 9.64. The van der Waals surface area contributed by atoms with Crippen LogP contribution in [0.5, 0.6) is 0 Å². The highest BCUT2D eigenvalue weighted by Gasteiger charge is 2.40. The first-order valence-electron chi connectivity index (χ1n) is 5.94. The lowest BCUT2D eigenvalue weighted by Crippen LogP contribution is -2.37. The minimum Gasteiger partial charge on any atom is -0.314 e. The van der Waals surface area contributed by atoms with Crippen LogP contribution in [0.1, 0.15) is 47.0 Å². The van der Waals surface area contributed by atoms with Crippen molar-refractivity contribution in [3.05, 3.63) is 0 Å². The molecule has 0 radical (unpaired) electrons. The Morgan fingerprint density at radius 2 is 2.00 bits per heavy atom. The van der Waals surface area contributed by atoms with Crippen molar-refractivity contribution in [2.45, 2.75) is 53.0 Å². The molecule has 0 amide bonds. The second-order valence-corrected chi connectivity index (χ2v) is 4.73. The average molecular weight is 183 g/mol. The predicted octanol–water partition coefficient (Wildman–Crippen LogP) is 3.06. The lowest BCUT2D eigenvalue weighted by Gasteiger charge is -2.24. The molecule has 1 heteroatoms. The summed E-state index contributed by atoms with van der Waals surface area (Å²) in [6.45, 7) is 10.4. The van der Waals surface area contributed by atoms with E-state index in [2.05, 4.69) is 33.0 Å². The van der Waals surface area contributed by atoms with Gasteiger partial charge in [0.15, 0.2) is 0 Å². The highest BCUT2D eigenvalue weighted by atomic mass is 14.9. The van der Waals surface area contributed by atoms with Crippen molar-refractivity contribution < 1.29 is 0 Å². The Morgan fingerprint density at radius 3 is 2.38 bits per heavy atom. The van der Waals surface area contributed by atoms with E-state index in [1.54, 1.807) is 0 Å². The minimum absolute atomic E-state index is 0.792. The van der Waals surface area contributed by atoms with Crippen LogP contribution in [-0.2, 0) is 0 Å². The molecular formula is C12H25N. The zero-order chi connectivity index (χ0) is 9.84. The lowest BCUT2D eigenvalue weighted by atomic mass is 9.92. The molecule has 78 valence electrons. The summed E-state index contributed by atoms with van der Waals surface area (Å²) in [4.78, 5) is 0. The Bertz CT molecular complexity index is 144. The second kappa shape index (κ2) is 4.99. The van der Waals surface area contributed by atoms with Crippen LogP contribution in [0, 0.1) is 17.8 Å². The van der Waals surface area contributed by atoms with Crippen molar-refractivity contribution in [1.29, 1.82) is 0 Å². The molecule has 0 aromatic heterocycles. The predicted molar refractivity (Wildman–Crippen MR) is 58.8 cm³/mol. The SMILES string of the molecule is CCCC(C)C(NCC)C1CC1C. The van der Waals surface area contributed by atoms with E-state index in [0.717, 1.165) is 30.3 Å². The topological polar surface area (TPSA) is 12.0 Å². The summed E-state index contributed by atoms with van der Waals surface area (Å²) in [5.74, 6) is 2.81. The summed E-state index contributed by atoms with van der Waals surface area (Å²) in [5.41, 5.74) is 0. The molecule has 0 aliphatic heterocycles. The first-order chi connectivity index (χ1) is 6.20. The fourth-order valence-electron chi connectivity index (χ4n) is 2.50. The molecule has 4 unspecified atom stereocenters. The molecule has 1 rings (SSSR count). The molecule has 1 fully saturated rings. The Labute approximate surface area is 83.3 Å². The second-order valence-electron chi connectivity index (χ2n) is 4.73. The largest absolute Gasteiger partial charge is 0.314 e. The van der Waals surface area contributed by atoms with Gasteiger partial charge in [-0.05, 0) is 37.1 Å². The van der Waals surface area contributed by atoms with Crippen molar-refractivity contribution in [1.82, 2.24) is 5.32 Å². The summed E-state index contributed by atoms with van der Waals surface area (Å²) in [6.07, 6.45) is 4.15. The van der Waals surface area contributed by atoms with Crippen molar-refractivity contribution in [3.63, 3.8) is 0 Å². The standard InChI is InChI=1S/C12H25N/c1-5-7-9(3)12(13-6-2)11-8-10(11)4/h9-13H,5-8H2,1-4H3. The molecule has 0 saturated heterocycles. The van der Waals surface area contributed by atoms with Gasteiger partial charge in [0, 0.05) is 6.04 Å². The van der Waals surface area contributed by atoms with Gasteiger partial charge in [0.1, 0.15) is 0 Å². The van der Waals surface area contributed by atoms with E-state index in [0.29, 0.717) is 0 Å². The molecule has 1 aliphatic rings. The molecule has 0 heterocycles. The Morgan fingerprint density at radius 1 is 1.38 bits per heavy atom. The number of nitrogens with one attached hydrogen (secondary N) is 1. The van der Waals surface area contributed by atoms with E-state index < -0.39 is 0 Å². The van der Waals surface area contributed by atoms with Crippen LogP contribution in [0.25, 0.3) is 0 Å². The summed E-state index contributed by atoms with van der Waals surface area (Å²) < 4.78 is 0. The van der Waals surface area contributed by atoms with Gasteiger partial charge in [-0.2, -0.15) is 0 Å². The Hall–Kier alpha value is -0.0400. The van der Waals surface area contributed by atoms with Crippen LogP contribution in [0.15, 0.2) is 0 Å². The van der Waals surface area contributed by atoms with E-state index in [1.165, 1.54) is 19.3 Å². The van der Waals surface area contributed by atoms with Crippen molar-refractivity contribution >= 4 is 0 Å². The fraction of sp³-hybridized carbons (Fsp3) is 1.00. The first-order valence-corrected chi connectivity index (χ1v) is 5.94. The van der Waals surface area contributed by atoms with Crippen LogP contribution < -0.4 is 5.32 Å². The average Bonchev–Trinajstić information content (AvgIpc) is 2.78. The molecule has 1 N–H and O–H groups in total. The number of hydrogen-bond acceptors (Lipinski definition) is 1. The van der Waals surface area contributed by atoms with E-state index in [9.17, 15) is 0 Å². The zero-order valence-electron chi connectivity index (χ0n) is 9.64. The van der Waals surface area contributed by atoms with Gasteiger partial charge in [-0.1, -0.05) is 34.1 Å². The van der Waals surface area contributed by atoms with Gasteiger partial charge in [0.05, 0.1) is 0 Å². The van der Waals surface area contributed by atoms with Crippen molar-refractivity contribution in [3.8, 4) is 0 Å². The Balaban J connectivity index is 2.37. The molecule has 0 spiro atoms. The van der Waals surface area contributed by atoms with Crippen molar-refractivity contribution in [2.75, 3.05) is 6.54 Å². The molecule has 0 aromatic rings. The summed E-state index contributed by atoms with van der Waals surface area (Å²) in [6, 6.07) is 0.792. The van der Waals surface area contributed by atoms with Gasteiger partial charge in [-0.15, -0.1) is 0 Å². The molecule has 4 atom stereocenters. The van der Waals surface area contributed by atoms with Gasteiger partial charge >= 0.3 is 0 Å². The maximum absolute atomic E-state index is 3.66. The van der Waals surface area contributed by atoms with Gasteiger partial charge in [-0.3, -0.25) is 0 Å². The number of hydrogen-bond donors (Lipinski definition) is 1. The summed E-state index contributed by atoms with van der Waals surface area (Å²) >= 11 is 0. The van der Waals surface area contributed by atoms with Crippen LogP contribution in [0.4, 0.5) is 0 Å². The molecule has 13 heavy (non-hydrogen) atoms. The third kappa shape index (κ3) is 2.98. The van der Waals surface area contributed by atoms with Gasteiger partial charge in [-0.25, -0.2) is 0 Å². The normalized spacial score (nSPS) is 31.4. The third-order valence-corrected chi connectivity index (χ3v) is 3.43. The van der Waals surface area contributed by atoms with Crippen LogP contribution >= 0.6 is 0 Å². The van der Waals surface area contributed by atoms with Crippen LogP contribution in [0.2, 0.25) is 0 Å². The van der Waals surface area contributed by atoms with Gasteiger partial charge in [0.25, 0.3) is 0 Å². The Kier molecular flexibility index (Phi) is 4.24. The monoisotopic (exact) mass is 183 g/mol. The maximum atomic E-state index is 3.66. The molecular weight excluding hydrogens is 158 g/mol. The number of rotatable bonds is 6. The quantitative estimate of drug-likeness (QED) is 0.667. The highest BCUT2D eigenvalue weighted by molar-refractivity contribution is 4.94. The van der Waals surface area contributed by atoms with Gasteiger partial charge < -0.3 is 5.32 Å². The minimum atomic E-state index is 0.792. The van der Waals surface area contributed by atoms with E-state index in [4.69, 9.17) is 0 Å². The summed E-state index contributed by atoms with van der Waals surface area (Å²) in [7, 11) is 0. The van der Waals surface area contributed by atoms with Crippen LogP contribution in [0.3, 0.4) is 0 Å². The first kappa shape index (κ1) is 11.0. The maximum Gasteiger partial charge on any atom is 0.0123 e. The van der Waals surface area contributed by atoms with Gasteiger partial charge in [0.2, 0.25) is 0 Å². The van der Waals surface area contributed by atoms with Crippen molar-refractivity contribution in [2.24, 2.45) is 17.8 Å². The fourth-order valence-corrected chi connectivity index (χ4v) is 2.50. The van der Waals surface area contributed by atoms with E-state index in [-0.39, 0.29) is 0 Å². The molecule has 1 nitrogen and oxygen atoms in total. The molecule has 1 saturated carbocycles.